The van der Waals surface area contributed by atoms with Gasteiger partial charge < -0.3 is 39.9 Å². The van der Waals surface area contributed by atoms with Gasteiger partial charge in [-0.3, -0.25) is 18.9 Å². The van der Waals surface area contributed by atoms with Crippen LogP contribution in [0.4, 0.5) is 0 Å². The Kier molecular flexibility index (Phi) is 14.3. The third kappa shape index (κ3) is 14.4. The van der Waals surface area contributed by atoms with Crippen molar-refractivity contribution in [3.8, 4) is 0 Å². The van der Waals surface area contributed by atoms with Crippen LogP contribution in [0.2, 0.25) is 0 Å². The van der Waals surface area contributed by atoms with Crippen LogP contribution in [0.15, 0.2) is 21.2 Å². The zero-order valence-electron chi connectivity index (χ0n) is 23.0. The fraction of sp³-hybridized carbons (Fsp3) is 0.609. The topological polar surface area (TPSA) is 226 Å². The summed E-state index contributed by atoms with van der Waals surface area (Å²) in [7, 11) is -4.75. The molecule has 0 saturated heterocycles. The van der Waals surface area contributed by atoms with E-state index >= 15 is 0 Å². The molecule has 2 aromatic rings. The van der Waals surface area contributed by atoms with Crippen molar-refractivity contribution in [1.82, 2.24) is 26.3 Å². The normalized spacial score (nSPS) is 12.6. The molecular formula is C23H36N5O10PS2. The summed E-state index contributed by atoms with van der Waals surface area (Å²) in [6, 6.07) is 3.74. The lowest BCUT2D eigenvalue weighted by Gasteiger charge is -2.29. The standard InChI is InChI=1S/C23H36N5O10PS2/c1-15-8-16(27-37-15)10-40-12-18-9-17(28-38-18)11-41-13-20(30)25-7-6-24-19(29)4-5-26-22(32)21(31)23(2,3)14-36-39(33,34)35/h8-9,21,31H,4-7,10-14H2,1-3H3,(H,24,29)(H,25,30)(H,26,32)(H2,33,34,35)/t21-/m0/s1. The van der Waals surface area contributed by atoms with Crippen molar-refractivity contribution < 1.29 is 47.4 Å². The molecule has 2 rings (SSSR count). The van der Waals surface area contributed by atoms with Crippen LogP contribution < -0.4 is 16.0 Å². The lowest BCUT2D eigenvalue weighted by Crippen LogP contribution is -2.46. The Labute approximate surface area is 245 Å². The van der Waals surface area contributed by atoms with Crippen LogP contribution >= 0.6 is 31.3 Å². The Morgan fingerprint density at radius 3 is 2.27 bits per heavy atom. The highest BCUT2D eigenvalue weighted by Crippen LogP contribution is 2.38. The summed E-state index contributed by atoms with van der Waals surface area (Å²) in [4.78, 5) is 53.6. The summed E-state index contributed by atoms with van der Waals surface area (Å²) in [5.41, 5.74) is 0.325. The van der Waals surface area contributed by atoms with E-state index in [4.69, 9.17) is 18.8 Å². The molecule has 15 nitrogen and oxygen atoms in total. The van der Waals surface area contributed by atoms with E-state index in [-0.39, 0.29) is 43.6 Å². The lowest BCUT2D eigenvalue weighted by molar-refractivity contribution is -0.137. The minimum atomic E-state index is -4.75. The molecule has 1 atom stereocenters. The van der Waals surface area contributed by atoms with Gasteiger partial charge in [0.2, 0.25) is 17.7 Å². The second kappa shape index (κ2) is 16.9. The number of nitrogens with zero attached hydrogens (tertiary/aromatic N) is 2. The van der Waals surface area contributed by atoms with Gasteiger partial charge in [-0.05, 0) is 6.92 Å². The number of carbonyl (C=O) groups is 3. The number of aliphatic hydroxyl groups is 1. The first-order valence-electron chi connectivity index (χ1n) is 12.5. The molecule has 0 aliphatic carbocycles. The number of hydrogen-bond donors (Lipinski definition) is 6. The molecule has 6 N–H and O–H groups in total. The number of nitrogens with one attached hydrogen (secondary N) is 3. The number of hydrogen-bond acceptors (Lipinski definition) is 12. The molecule has 0 bridgehead atoms. The largest absolute Gasteiger partial charge is 0.469 e. The molecule has 3 amide bonds. The number of phosphoric acid groups is 1. The fourth-order valence-electron chi connectivity index (χ4n) is 3.11. The number of thioether (sulfide) groups is 2. The first-order chi connectivity index (χ1) is 19.2. The second-order valence-corrected chi connectivity index (χ2v) is 12.8. The lowest BCUT2D eigenvalue weighted by atomic mass is 9.87. The van der Waals surface area contributed by atoms with Gasteiger partial charge in [0.1, 0.15) is 17.6 Å². The maximum atomic E-state index is 12.1. The van der Waals surface area contributed by atoms with Crippen LogP contribution in [0, 0.1) is 12.3 Å². The zero-order chi connectivity index (χ0) is 30.5. The van der Waals surface area contributed by atoms with Crippen molar-refractivity contribution in [2.24, 2.45) is 5.41 Å². The second-order valence-electron chi connectivity index (χ2n) is 9.60. The van der Waals surface area contributed by atoms with Gasteiger partial charge in [-0.15, -0.1) is 23.5 Å². The van der Waals surface area contributed by atoms with Crippen LogP contribution in [-0.4, -0.2) is 81.0 Å². The summed E-state index contributed by atoms with van der Waals surface area (Å²) in [5, 5.41) is 25.8. The van der Waals surface area contributed by atoms with Crippen LogP contribution in [0.25, 0.3) is 0 Å². The van der Waals surface area contributed by atoms with Crippen LogP contribution in [0.5, 0.6) is 0 Å². The third-order valence-electron chi connectivity index (χ3n) is 5.28. The molecule has 0 saturated carbocycles. The first kappa shape index (κ1) is 34.8. The quantitative estimate of drug-likeness (QED) is 0.0929. The molecule has 0 radical (unpaired) electrons. The number of aliphatic hydroxyl groups excluding tert-OH is 1. The predicted molar refractivity (Wildman–Crippen MR) is 150 cm³/mol. The van der Waals surface area contributed by atoms with Gasteiger partial charge in [0.15, 0.2) is 0 Å². The Balaban J connectivity index is 1.51. The number of aromatic nitrogens is 2. The van der Waals surface area contributed by atoms with Crippen molar-refractivity contribution in [3.63, 3.8) is 0 Å². The predicted octanol–water partition coefficient (Wildman–Crippen LogP) is 0.873. The summed E-state index contributed by atoms with van der Waals surface area (Å²) in [6.45, 7) is 4.44. The molecule has 0 aliphatic heterocycles. The van der Waals surface area contributed by atoms with Gasteiger partial charge in [0.05, 0.1) is 29.5 Å². The third-order valence-corrected chi connectivity index (χ3v) is 7.70. The van der Waals surface area contributed by atoms with Gasteiger partial charge >= 0.3 is 7.82 Å². The molecule has 18 heteroatoms. The van der Waals surface area contributed by atoms with Crippen molar-refractivity contribution in [3.05, 3.63) is 35.0 Å². The van der Waals surface area contributed by atoms with Crippen molar-refractivity contribution in [2.45, 2.75) is 50.6 Å². The molecule has 0 fully saturated rings. The van der Waals surface area contributed by atoms with E-state index < -0.39 is 31.9 Å². The highest BCUT2D eigenvalue weighted by atomic mass is 32.2. The molecule has 2 heterocycles. The highest BCUT2D eigenvalue weighted by Gasteiger charge is 2.35. The maximum Gasteiger partial charge on any atom is 0.469 e. The molecule has 230 valence electrons. The average Bonchev–Trinajstić information content (AvgIpc) is 3.53. The summed E-state index contributed by atoms with van der Waals surface area (Å²) < 4.78 is 25.6. The van der Waals surface area contributed by atoms with E-state index in [1.165, 1.54) is 25.6 Å². The average molecular weight is 638 g/mol. The molecule has 0 aliphatic rings. The van der Waals surface area contributed by atoms with Gasteiger partial charge in [0, 0.05) is 55.1 Å². The van der Waals surface area contributed by atoms with Gasteiger partial charge in [-0.2, -0.15) is 0 Å². The van der Waals surface area contributed by atoms with E-state index in [1.807, 2.05) is 19.1 Å². The number of phosphoric ester groups is 1. The number of amides is 3. The van der Waals surface area contributed by atoms with Gasteiger partial charge in [-0.1, -0.05) is 24.2 Å². The minimum Gasteiger partial charge on any atom is -0.383 e. The van der Waals surface area contributed by atoms with E-state index in [9.17, 15) is 24.1 Å². The van der Waals surface area contributed by atoms with Gasteiger partial charge in [-0.25, -0.2) is 4.57 Å². The summed E-state index contributed by atoms with van der Waals surface area (Å²) in [5.74, 6) is 2.18. The van der Waals surface area contributed by atoms with Gasteiger partial charge in [0.25, 0.3) is 0 Å². The Morgan fingerprint density at radius 1 is 0.976 bits per heavy atom. The van der Waals surface area contributed by atoms with E-state index in [0.717, 1.165) is 22.9 Å². The maximum absolute atomic E-state index is 12.1. The molecule has 41 heavy (non-hydrogen) atoms. The first-order valence-corrected chi connectivity index (χ1v) is 16.3. The molecule has 0 spiro atoms. The highest BCUT2D eigenvalue weighted by molar-refractivity contribution is 7.99. The van der Waals surface area contributed by atoms with Crippen LogP contribution in [-0.2, 0) is 40.7 Å². The molecule has 0 aromatic carbocycles. The number of aryl methyl sites for hydroxylation is 1. The zero-order valence-corrected chi connectivity index (χ0v) is 25.5. The monoisotopic (exact) mass is 637 g/mol. The number of rotatable bonds is 19. The Hall–Kier alpha value is -2.40. The smallest absolute Gasteiger partial charge is 0.383 e. The van der Waals surface area contributed by atoms with E-state index in [0.29, 0.717) is 17.3 Å². The van der Waals surface area contributed by atoms with Crippen molar-refractivity contribution >= 4 is 49.1 Å². The molecule has 0 unspecified atom stereocenters. The minimum absolute atomic E-state index is 0.0656. The van der Waals surface area contributed by atoms with E-state index in [2.05, 4.69) is 30.8 Å². The van der Waals surface area contributed by atoms with Crippen molar-refractivity contribution in [1.29, 1.82) is 0 Å². The summed E-state index contributed by atoms with van der Waals surface area (Å²) in [6.07, 6.45) is -1.68. The fourth-order valence-corrected chi connectivity index (χ4v) is 5.13. The van der Waals surface area contributed by atoms with Crippen LogP contribution in [0.3, 0.4) is 0 Å². The van der Waals surface area contributed by atoms with Crippen LogP contribution in [0.1, 0.15) is 43.2 Å². The van der Waals surface area contributed by atoms with E-state index in [1.54, 1.807) is 11.8 Å². The summed E-state index contributed by atoms with van der Waals surface area (Å²) >= 11 is 3.01. The Morgan fingerprint density at radius 2 is 1.61 bits per heavy atom. The number of carbonyl (C=O) groups excluding carboxylic acids is 3. The molecule has 2 aromatic heterocycles. The van der Waals surface area contributed by atoms with Crippen molar-refractivity contribution in [2.75, 3.05) is 32.0 Å². The SMILES string of the molecule is Cc1cc(CSCc2cc(CSCC(=O)NCCNC(=O)CCNC(=O)[C@H](O)C(C)(C)COP(=O)(O)O)no2)no1. The molecular weight excluding hydrogens is 601 g/mol. The Bertz CT molecular complexity index is 1190.